The number of aromatic amines is 1. The van der Waals surface area contributed by atoms with Crippen molar-refractivity contribution in [1.29, 1.82) is 0 Å². The quantitative estimate of drug-likeness (QED) is 0.739. The van der Waals surface area contributed by atoms with Crippen molar-refractivity contribution in [3.05, 3.63) is 28.7 Å². The molecule has 0 fully saturated rings. The zero-order valence-corrected chi connectivity index (χ0v) is 9.53. The molecule has 0 unspecified atom stereocenters. The third-order valence-corrected chi connectivity index (χ3v) is 2.10. The number of nitrogens with one attached hydrogen (secondary N) is 3. The van der Waals surface area contributed by atoms with Crippen molar-refractivity contribution in [2.24, 2.45) is 0 Å². The zero-order valence-electron chi connectivity index (χ0n) is 9.53. The molecule has 0 aliphatic heterocycles. The Morgan fingerprint density at radius 2 is 2.18 bits per heavy atom. The summed E-state index contributed by atoms with van der Waals surface area (Å²) in [6, 6.07) is 4.72. The number of hydrogen-bond acceptors (Lipinski definition) is 3. The van der Waals surface area contributed by atoms with E-state index in [0.717, 1.165) is 0 Å². The number of aromatic nitrogens is 1. The maximum Gasteiger partial charge on any atom is 0.417 e. The molecular weight excluding hydrogens is 222 g/mol. The Morgan fingerprint density at radius 1 is 1.41 bits per heavy atom. The number of rotatable bonds is 2. The maximum absolute atomic E-state index is 11.4. The van der Waals surface area contributed by atoms with Crippen LogP contribution in [0.4, 0.5) is 10.5 Å². The second-order valence-corrected chi connectivity index (χ2v) is 3.98. The van der Waals surface area contributed by atoms with Gasteiger partial charge in [-0.3, -0.25) is 4.98 Å². The average molecular weight is 235 g/mol. The van der Waals surface area contributed by atoms with Crippen molar-refractivity contribution in [2.75, 3.05) is 5.32 Å². The number of urea groups is 1. The molecule has 0 saturated heterocycles. The van der Waals surface area contributed by atoms with E-state index in [4.69, 9.17) is 4.42 Å². The van der Waals surface area contributed by atoms with E-state index in [0.29, 0.717) is 16.8 Å². The number of amides is 2. The first-order chi connectivity index (χ1) is 8.04. The Morgan fingerprint density at radius 3 is 2.88 bits per heavy atom. The minimum Gasteiger partial charge on any atom is -0.408 e. The summed E-state index contributed by atoms with van der Waals surface area (Å²) < 4.78 is 4.89. The molecule has 1 aromatic heterocycles. The van der Waals surface area contributed by atoms with Crippen LogP contribution in [0.1, 0.15) is 13.8 Å². The van der Waals surface area contributed by atoms with Crippen molar-refractivity contribution in [1.82, 2.24) is 10.3 Å². The highest BCUT2D eigenvalue weighted by atomic mass is 16.4. The van der Waals surface area contributed by atoms with E-state index < -0.39 is 5.76 Å². The van der Waals surface area contributed by atoms with Crippen LogP contribution >= 0.6 is 0 Å². The van der Waals surface area contributed by atoms with Gasteiger partial charge in [-0.2, -0.15) is 0 Å². The lowest BCUT2D eigenvalue weighted by Crippen LogP contribution is -2.34. The van der Waals surface area contributed by atoms with Gasteiger partial charge in [-0.1, -0.05) is 0 Å². The first-order valence-corrected chi connectivity index (χ1v) is 5.25. The molecule has 90 valence electrons. The van der Waals surface area contributed by atoms with Gasteiger partial charge in [0.1, 0.15) is 0 Å². The summed E-state index contributed by atoms with van der Waals surface area (Å²) in [7, 11) is 0. The fraction of sp³-hybridized carbons (Fsp3) is 0.273. The van der Waals surface area contributed by atoms with Crippen LogP contribution in [0.5, 0.6) is 0 Å². The molecule has 0 atom stereocenters. The maximum atomic E-state index is 11.4. The zero-order chi connectivity index (χ0) is 12.4. The van der Waals surface area contributed by atoms with Crippen LogP contribution in [-0.4, -0.2) is 17.1 Å². The lowest BCUT2D eigenvalue weighted by molar-refractivity contribution is 0.250. The monoisotopic (exact) mass is 235 g/mol. The fourth-order valence-corrected chi connectivity index (χ4v) is 1.45. The van der Waals surface area contributed by atoms with Crippen LogP contribution in [0.3, 0.4) is 0 Å². The van der Waals surface area contributed by atoms with Gasteiger partial charge in [0.05, 0.1) is 5.52 Å². The molecule has 0 radical (unpaired) electrons. The predicted molar refractivity (Wildman–Crippen MR) is 64.1 cm³/mol. The number of benzene rings is 1. The third kappa shape index (κ3) is 2.66. The van der Waals surface area contributed by atoms with E-state index in [-0.39, 0.29) is 12.1 Å². The SMILES string of the molecule is CC(C)NC(=O)Nc1ccc2[nH]c(=O)oc2c1. The highest BCUT2D eigenvalue weighted by Gasteiger charge is 2.06. The molecule has 6 heteroatoms. The summed E-state index contributed by atoms with van der Waals surface area (Å²) in [5, 5.41) is 5.34. The summed E-state index contributed by atoms with van der Waals surface area (Å²) >= 11 is 0. The van der Waals surface area contributed by atoms with E-state index in [1.807, 2.05) is 13.8 Å². The largest absolute Gasteiger partial charge is 0.417 e. The van der Waals surface area contributed by atoms with E-state index in [1.165, 1.54) is 0 Å². The third-order valence-electron chi connectivity index (χ3n) is 2.10. The Labute approximate surface area is 97.0 Å². The van der Waals surface area contributed by atoms with E-state index >= 15 is 0 Å². The van der Waals surface area contributed by atoms with Crippen LogP contribution in [0.15, 0.2) is 27.4 Å². The van der Waals surface area contributed by atoms with Crippen molar-refractivity contribution < 1.29 is 9.21 Å². The molecule has 0 bridgehead atoms. The lowest BCUT2D eigenvalue weighted by atomic mass is 10.3. The highest BCUT2D eigenvalue weighted by molar-refractivity contribution is 5.91. The molecule has 1 aromatic carbocycles. The van der Waals surface area contributed by atoms with Crippen molar-refractivity contribution >= 4 is 22.8 Å². The highest BCUT2D eigenvalue weighted by Crippen LogP contribution is 2.15. The van der Waals surface area contributed by atoms with Crippen LogP contribution < -0.4 is 16.4 Å². The van der Waals surface area contributed by atoms with Crippen molar-refractivity contribution in [3.8, 4) is 0 Å². The van der Waals surface area contributed by atoms with Crippen molar-refractivity contribution in [3.63, 3.8) is 0 Å². The average Bonchev–Trinajstić information content (AvgIpc) is 2.55. The molecule has 1 heterocycles. The van der Waals surface area contributed by atoms with E-state index in [2.05, 4.69) is 15.6 Å². The normalized spacial score (nSPS) is 10.8. The summed E-state index contributed by atoms with van der Waals surface area (Å²) in [6.45, 7) is 3.74. The van der Waals surface area contributed by atoms with Gasteiger partial charge in [0.15, 0.2) is 5.58 Å². The van der Waals surface area contributed by atoms with Gasteiger partial charge in [0.25, 0.3) is 0 Å². The van der Waals surface area contributed by atoms with E-state index in [1.54, 1.807) is 18.2 Å². The van der Waals surface area contributed by atoms with Gasteiger partial charge < -0.3 is 15.1 Å². The summed E-state index contributed by atoms with van der Waals surface area (Å²) in [5.41, 5.74) is 1.58. The van der Waals surface area contributed by atoms with Crippen LogP contribution in [0, 0.1) is 0 Å². The van der Waals surface area contributed by atoms with Crippen LogP contribution in [0.25, 0.3) is 11.1 Å². The molecule has 0 spiro atoms. The first-order valence-electron chi connectivity index (χ1n) is 5.25. The summed E-state index contributed by atoms with van der Waals surface area (Å²) in [5.74, 6) is -0.510. The number of H-pyrrole nitrogens is 1. The Kier molecular flexibility index (Phi) is 2.86. The minimum atomic E-state index is -0.510. The molecule has 0 aliphatic carbocycles. The van der Waals surface area contributed by atoms with E-state index in [9.17, 15) is 9.59 Å². The second kappa shape index (κ2) is 4.32. The fourth-order valence-electron chi connectivity index (χ4n) is 1.45. The van der Waals surface area contributed by atoms with Crippen molar-refractivity contribution in [2.45, 2.75) is 19.9 Å². The number of anilines is 1. The van der Waals surface area contributed by atoms with Gasteiger partial charge >= 0.3 is 11.8 Å². The molecule has 17 heavy (non-hydrogen) atoms. The molecule has 6 nitrogen and oxygen atoms in total. The molecule has 3 N–H and O–H groups in total. The Bertz CT molecular complexity index is 597. The van der Waals surface area contributed by atoms with Gasteiger partial charge in [-0.15, -0.1) is 0 Å². The lowest BCUT2D eigenvalue weighted by Gasteiger charge is -2.09. The molecule has 2 rings (SSSR count). The number of carbonyl (C=O) groups is 1. The smallest absolute Gasteiger partial charge is 0.408 e. The number of fused-ring (bicyclic) bond motifs is 1. The molecule has 0 aliphatic rings. The summed E-state index contributed by atoms with van der Waals surface area (Å²) in [6.07, 6.45) is 0. The molecular formula is C11H13N3O3. The standard InChI is InChI=1S/C11H13N3O3/c1-6(2)12-10(15)13-7-3-4-8-9(5-7)17-11(16)14-8/h3-6H,1-2H3,(H,14,16)(H2,12,13,15). The van der Waals surface area contributed by atoms with Gasteiger partial charge in [-0.25, -0.2) is 9.59 Å². The Hall–Kier alpha value is -2.24. The topological polar surface area (TPSA) is 87.1 Å². The van der Waals surface area contributed by atoms with Gasteiger partial charge in [-0.05, 0) is 26.0 Å². The summed E-state index contributed by atoms with van der Waals surface area (Å²) in [4.78, 5) is 24.9. The van der Waals surface area contributed by atoms with Crippen LogP contribution in [0.2, 0.25) is 0 Å². The number of hydrogen-bond donors (Lipinski definition) is 3. The molecule has 2 aromatic rings. The van der Waals surface area contributed by atoms with Gasteiger partial charge in [0.2, 0.25) is 0 Å². The minimum absolute atomic E-state index is 0.0592. The first kappa shape index (κ1) is 11.3. The van der Waals surface area contributed by atoms with Gasteiger partial charge in [0, 0.05) is 17.8 Å². The molecule has 0 saturated carbocycles. The molecule has 2 amide bonds. The predicted octanol–water partition coefficient (Wildman–Crippen LogP) is 1.65. The second-order valence-electron chi connectivity index (χ2n) is 3.98. The number of carbonyl (C=O) groups excluding carboxylic acids is 1. The van der Waals surface area contributed by atoms with Crippen LogP contribution in [-0.2, 0) is 0 Å². The Balaban J connectivity index is 2.19. The number of oxazole rings is 1.